The molecule has 0 aromatic carbocycles. The Morgan fingerprint density at radius 1 is 1.52 bits per heavy atom. The SMILES string of the molecule is CC(C)(C)OC(=O)N1CCCC(Cn2cc(C=O)cn2)C1. The van der Waals surface area contributed by atoms with Gasteiger partial charge in [0.2, 0.25) is 0 Å². The minimum Gasteiger partial charge on any atom is -0.444 e. The van der Waals surface area contributed by atoms with E-state index in [1.54, 1.807) is 22.0 Å². The highest BCUT2D eigenvalue weighted by atomic mass is 16.6. The first-order chi connectivity index (χ1) is 9.87. The fourth-order valence-electron chi connectivity index (χ4n) is 2.51. The maximum Gasteiger partial charge on any atom is 0.410 e. The van der Waals surface area contributed by atoms with Crippen LogP contribution in [0.1, 0.15) is 44.0 Å². The second-order valence-electron chi connectivity index (χ2n) is 6.55. The normalized spacial score (nSPS) is 19.4. The zero-order valence-electron chi connectivity index (χ0n) is 12.9. The van der Waals surface area contributed by atoms with E-state index < -0.39 is 5.60 Å². The summed E-state index contributed by atoms with van der Waals surface area (Å²) in [6, 6.07) is 0. The number of likely N-dealkylation sites (tertiary alicyclic amines) is 1. The molecule has 1 saturated heterocycles. The van der Waals surface area contributed by atoms with Gasteiger partial charge < -0.3 is 9.64 Å². The molecule has 2 heterocycles. The third-order valence-electron chi connectivity index (χ3n) is 3.41. The van der Waals surface area contributed by atoms with Crippen LogP contribution in [0.4, 0.5) is 4.79 Å². The van der Waals surface area contributed by atoms with E-state index in [2.05, 4.69) is 5.10 Å². The summed E-state index contributed by atoms with van der Waals surface area (Å²) in [6.45, 7) is 7.74. The molecule has 2 rings (SSSR count). The van der Waals surface area contributed by atoms with Crippen molar-refractivity contribution in [3.8, 4) is 0 Å². The van der Waals surface area contributed by atoms with Crippen LogP contribution in [0.15, 0.2) is 12.4 Å². The molecule has 1 aromatic heterocycles. The number of rotatable bonds is 3. The van der Waals surface area contributed by atoms with E-state index in [-0.39, 0.29) is 6.09 Å². The number of ether oxygens (including phenoxy) is 1. The second kappa shape index (κ2) is 6.28. The summed E-state index contributed by atoms with van der Waals surface area (Å²) in [5.41, 5.74) is 0.111. The van der Waals surface area contributed by atoms with Crippen molar-refractivity contribution in [1.82, 2.24) is 14.7 Å². The van der Waals surface area contributed by atoms with Crippen LogP contribution < -0.4 is 0 Å². The predicted octanol–water partition coefficient (Wildman–Crippen LogP) is 2.34. The van der Waals surface area contributed by atoms with Gasteiger partial charge in [0.25, 0.3) is 0 Å². The lowest BCUT2D eigenvalue weighted by Gasteiger charge is -2.34. The molecule has 1 atom stereocenters. The third-order valence-corrected chi connectivity index (χ3v) is 3.41. The summed E-state index contributed by atoms with van der Waals surface area (Å²) in [4.78, 5) is 24.5. The summed E-state index contributed by atoms with van der Waals surface area (Å²) < 4.78 is 7.19. The molecular weight excluding hydrogens is 270 g/mol. The van der Waals surface area contributed by atoms with Crippen molar-refractivity contribution in [3.05, 3.63) is 18.0 Å². The smallest absolute Gasteiger partial charge is 0.410 e. The highest BCUT2D eigenvalue weighted by molar-refractivity contribution is 5.73. The number of carbonyl (C=O) groups excluding carboxylic acids is 2. The van der Waals surface area contributed by atoms with Crippen molar-refractivity contribution in [3.63, 3.8) is 0 Å². The van der Waals surface area contributed by atoms with Gasteiger partial charge in [0, 0.05) is 25.8 Å². The van der Waals surface area contributed by atoms with Gasteiger partial charge >= 0.3 is 6.09 Å². The van der Waals surface area contributed by atoms with Crippen molar-refractivity contribution in [1.29, 1.82) is 0 Å². The molecule has 0 spiro atoms. The number of carbonyl (C=O) groups is 2. The maximum absolute atomic E-state index is 12.1. The Labute approximate surface area is 125 Å². The lowest BCUT2D eigenvalue weighted by atomic mass is 9.98. The Morgan fingerprint density at radius 3 is 2.90 bits per heavy atom. The van der Waals surface area contributed by atoms with Crippen LogP contribution >= 0.6 is 0 Å². The molecule has 6 nitrogen and oxygen atoms in total. The molecule has 1 unspecified atom stereocenters. The van der Waals surface area contributed by atoms with E-state index in [9.17, 15) is 9.59 Å². The molecule has 0 radical (unpaired) electrons. The maximum atomic E-state index is 12.1. The molecule has 1 aliphatic rings. The summed E-state index contributed by atoms with van der Waals surface area (Å²) in [6.07, 6.45) is 5.85. The van der Waals surface area contributed by atoms with Crippen LogP contribution in [0.5, 0.6) is 0 Å². The van der Waals surface area contributed by atoms with Gasteiger partial charge in [-0.05, 0) is 39.5 Å². The quantitative estimate of drug-likeness (QED) is 0.802. The minimum absolute atomic E-state index is 0.249. The van der Waals surface area contributed by atoms with E-state index in [1.165, 1.54) is 0 Å². The number of nitrogens with zero attached hydrogens (tertiary/aromatic N) is 3. The molecule has 1 aromatic rings. The van der Waals surface area contributed by atoms with E-state index in [4.69, 9.17) is 4.74 Å². The fourth-order valence-corrected chi connectivity index (χ4v) is 2.51. The first kappa shape index (κ1) is 15.5. The van der Waals surface area contributed by atoms with Crippen LogP contribution in [0.3, 0.4) is 0 Å². The highest BCUT2D eigenvalue weighted by Crippen LogP contribution is 2.20. The molecule has 0 bridgehead atoms. The first-order valence-electron chi connectivity index (χ1n) is 7.33. The number of aldehydes is 1. The van der Waals surface area contributed by atoms with Gasteiger partial charge in [0.05, 0.1) is 11.8 Å². The molecule has 116 valence electrons. The number of piperidine rings is 1. The van der Waals surface area contributed by atoms with Gasteiger partial charge in [-0.3, -0.25) is 9.48 Å². The second-order valence-corrected chi connectivity index (χ2v) is 6.55. The van der Waals surface area contributed by atoms with E-state index in [0.717, 1.165) is 25.7 Å². The summed E-state index contributed by atoms with van der Waals surface area (Å²) in [7, 11) is 0. The Kier molecular flexibility index (Phi) is 4.65. The summed E-state index contributed by atoms with van der Waals surface area (Å²) in [5.74, 6) is 0.339. The van der Waals surface area contributed by atoms with E-state index >= 15 is 0 Å². The van der Waals surface area contributed by atoms with Crippen LogP contribution in [0.25, 0.3) is 0 Å². The van der Waals surface area contributed by atoms with E-state index in [1.807, 2.05) is 20.8 Å². The van der Waals surface area contributed by atoms with Crippen molar-refractivity contribution in [2.75, 3.05) is 13.1 Å². The van der Waals surface area contributed by atoms with Crippen LogP contribution in [-0.2, 0) is 11.3 Å². The molecule has 0 N–H and O–H groups in total. The lowest BCUT2D eigenvalue weighted by molar-refractivity contribution is 0.0155. The Hall–Kier alpha value is -1.85. The average molecular weight is 293 g/mol. The van der Waals surface area contributed by atoms with Crippen LogP contribution in [0.2, 0.25) is 0 Å². The van der Waals surface area contributed by atoms with Gasteiger partial charge in [-0.1, -0.05) is 0 Å². The Balaban J connectivity index is 1.91. The van der Waals surface area contributed by atoms with Crippen LogP contribution in [0, 0.1) is 5.92 Å². The zero-order chi connectivity index (χ0) is 15.5. The molecular formula is C15H23N3O3. The van der Waals surface area contributed by atoms with Gasteiger partial charge in [-0.2, -0.15) is 5.10 Å². The predicted molar refractivity (Wildman–Crippen MR) is 78.1 cm³/mol. The van der Waals surface area contributed by atoms with E-state index in [0.29, 0.717) is 24.6 Å². The zero-order valence-corrected chi connectivity index (χ0v) is 12.9. The average Bonchev–Trinajstić information content (AvgIpc) is 2.85. The largest absolute Gasteiger partial charge is 0.444 e. The van der Waals surface area contributed by atoms with Gasteiger partial charge in [0.1, 0.15) is 5.60 Å². The van der Waals surface area contributed by atoms with Gasteiger partial charge in [0.15, 0.2) is 6.29 Å². The Bertz CT molecular complexity index is 505. The Morgan fingerprint density at radius 2 is 2.29 bits per heavy atom. The van der Waals surface area contributed by atoms with Gasteiger partial charge in [-0.15, -0.1) is 0 Å². The first-order valence-corrected chi connectivity index (χ1v) is 7.33. The summed E-state index contributed by atoms with van der Waals surface area (Å²) >= 11 is 0. The molecule has 1 fully saturated rings. The molecule has 0 saturated carbocycles. The standard InChI is InChI=1S/C15H23N3O3/c1-15(2,3)21-14(20)17-6-4-5-12(8-17)9-18-10-13(11-19)7-16-18/h7,10-12H,4-6,8-9H2,1-3H3. The van der Waals surface area contributed by atoms with Crippen LogP contribution in [-0.4, -0.2) is 45.8 Å². The molecule has 1 aliphatic heterocycles. The van der Waals surface area contributed by atoms with Crippen molar-refractivity contribution in [2.24, 2.45) is 5.92 Å². The molecule has 21 heavy (non-hydrogen) atoms. The monoisotopic (exact) mass is 293 g/mol. The number of hydrogen-bond donors (Lipinski definition) is 0. The minimum atomic E-state index is -0.467. The lowest BCUT2D eigenvalue weighted by Crippen LogP contribution is -2.43. The fraction of sp³-hybridized carbons (Fsp3) is 0.667. The summed E-state index contributed by atoms with van der Waals surface area (Å²) in [5, 5.41) is 4.16. The number of hydrogen-bond acceptors (Lipinski definition) is 4. The van der Waals surface area contributed by atoms with Crippen molar-refractivity contribution < 1.29 is 14.3 Å². The molecule has 6 heteroatoms. The van der Waals surface area contributed by atoms with Crippen molar-refractivity contribution in [2.45, 2.75) is 45.8 Å². The van der Waals surface area contributed by atoms with Gasteiger partial charge in [-0.25, -0.2) is 4.79 Å². The topological polar surface area (TPSA) is 64.4 Å². The highest BCUT2D eigenvalue weighted by Gasteiger charge is 2.27. The molecule has 0 aliphatic carbocycles. The number of amides is 1. The number of aromatic nitrogens is 2. The molecule has 1 amide bonds. The third kappa shape index (κ3) is 4.58. The van der Waals surface area contributed by atoms with Crippen molar-refractivity contribution >= 4 is 12.4 Å².